The maximum Gasteiger partial charge on any atom is 0.302 e. The van der Waals surface area contributed by atoms with Crippen LogP contribution in [0.2, 0.25) is 0 Å². The predicted octanol–water partition coefficient (Wildman–Crippen LogP) is 3.44. The molecule has 0 saturated heterocycles. The second kappa shape index (κ2) is 8.73. The highest BCUT2D eigenvalue weighted by Crippen LogP contribution is 2.14. The van der Waals surface area contributed by atoms with E-state index in [1.807, 2.05) is 54.6 Å². The molecular weight excluding hydrogens is 292 g/mol. The molecule has 0 aliphatic rings. The van der Waals surface area contributed by atoms with Crippen LogP contribution in [0.25, 0.3) is 0 Å². The van der Waals surface area contributed by atoms with Gasteiger partial charge in [-0.15, -0.1) is 0 Å². The third-order valence-corrected chi connectivity index (χ3v) is 3.32. The van der Waals surface area contributed by atoms with Crippen LogP contribution in [-0.2, 0) is 16.0 Å². The molecule has 0 amide bonds. The van der Waals surface area contributed by atoms with Gasteiger partial charge in [-0.3, -0.25) is 9.59 Å². The van der Waals surface area contributed by atoms with Crippen LogP contribution in [0.4, 0.5) is 0 Å². The fraction of sp³-hybridized carbons (Fsp3) is 0.263. The highest BCUT2D eigenvalue weighted by Gasteiger charge is 2.05. The van der Waals surface area contributed by atoms with E-state index >= 15 is 0 Å². The molecule has 23 heavy (non-hydrogen) atoms. The quantitative estimate of drug-likeness (QED) is 0.425. The number of esters is 1. The van der Waals surface area contributed by atoms with Crippen LogP contribution in [0.5, 0.6) is 5.75 Å². The van der Waals surface area contributed by atoms with E-state index in [2.05, 4.69) is 0 Å². The molecule has 2 aromatic rings. The smallest absolute Gasteiger partial charge is 0.302 e. The first kappa shape index (κ1) is 16.7. The third kappa shape index (κ3) is 5.94. The Bertz CT molecular complexity index is 632. The molecule has 0 heterocycles. The van der Waals surface area contributed by atoms with Crippen molar-refractivity contribution in [2.24, 2.45) is 0 Å². The second-order valence-corrected chi connectivity index (χ2v) is 5.12. The van der Waals surface area contributed by atoms with Gasteiger partial charge in [-0.2, -0.15) is 0 Å². The molecule has 0 bridgehead atoms. The number of carbonyl (C=O) groups is 2. The molecule has 0 aliphatic heterocycles. The first-order valence-corrected chi connectivity index (χ1v) is 7.58. The van der Waals surface area contributed by atoms with Crippen molar-refractivity contribution in [3.8, 4) is 5.75 Å². The number of rotatable bonds is 8. The lowest BCUT2D eigenvalue weighted by atomic mass is 10.0. The van der Waals surface area contributed by atoms with E-state index in [1.165, 1.54) is 6.92 Å². The van der Waals surface area contributed by atoms with Gasteiger partial charge in [0.2, 0.25) is 0 Å². The van der Waals surface area contributed by atoms with Gasteiger partial charge in [0.15, 0.2) is 5.78 Å². The van der Waals surface area contributed by atoms with Crippen molar-refractivity contribution in [1.82, 2.24) is 0 Å². The van der Waals surface area contributed by atoms with Gasteiger partial charge in [0.25, 0.3) is 0 Å². The highest BCUT2D eigenvalue weighted by atomic mass is 16.6. The minimum absolute atomic E-state index is 0.146. The lowest BCUT2D eigenvalue weighted by molar-refractivity contribution is -0.141. The average molecular weight is 312 g/mol. The van der Waals surface area contributed by atoms with Gasteiger partial charge in [0, 0.05) is 18.9 Å². The molecule has 0 atom stereocenters. The molecule has 120 valence electrons. The van der Waals surface area contributed by atoms with Gasteiger partial charge in [0.05, 0.1) is 0 Å². The topological polar surface area (TPSA) is 52.6 Å². The van der Waals surface area contributed by atoms with Gasteiger partial charge in [-0.1, -0.05) is 42.5 Å². The Morgan fingerprint density at radius 3 is 2.26 bits per heavy atom. The number of Topliss-reactive ketones (excluding diaryl/α,β-unsaturated/α-hetero) is 1. The molecule has 0 aliphatic carbocycles. The molecule has 4 nitrogen and oxygen atoms in total. The monoisotopic (exact) mass is 312 g/mol. The Kier molecular flexibility index (Phi) is 6.36. The summed E-state index contributed by atoms with van der Waals surface area (Å²) in [6.45, 7) is 1.93. The number of benzene rings is 2. The standard InChI is InChI=1S/C19H20O4/c1-15(20)22-13-14-23-18-10-7-16(8-11-18)9-12-19(21)17-5-3-2-4-6-17/h2-8,10-11H,9,12-14H2,1H3. The molecule has 4 heteroatoms. The van der Waals surface area contributed by atoms with Crippen LogP contribution in [0.1, 0.15) is 29.3 Å². The van der Waals surface area contributed by atoms with Crippen molar-refractivity contribution in [2.75, 3.05) is 13.2 Å². The molecule has 0 N–H and O–H groups in total. The third-order valence-electron chi connectivity index (χ3n) is 3.32. The minimum Gasteiger partial charge on any atom is -0.490 e. The van der Waals surface area contributed by atoms with Crippen LogP contribution in [0.3, 0.4) is 0 Å². The van der Waals surface area contributed by atoms with Crippen LogP contribution in [0.15, 0.2) is 54.6 Å². The lowest BCUT2D eigenvalue weighted by Crippen LogP contribution is -2.09. The Morgan fingerprint density at radius 2 is 1.61 bits per heavy atom. The predicted molar refractivity (Wildman–Crippen MR) is 87.7 cm³/mol. The summed E-state index contributed by atoms with van der Waals surface area (Å²) in [5.41, 5.74) is 1.83. The molecule has 0 radical (unpaired) electrons. The summed E-state index contributed by atoms with van der Waals surface area (Å²) >= 11 is 0. The minimum atomic E-state index is -0.313. The number of hydrogen-bond donors (Lipinski definition) is 0. The Balaban J connectivity index is 1.76. The maximum atomic E-state index is 12.0. The van der Waals surface area contributed by atoms with E-state index in [0.717, 1.165) is 16.9 Å². The Hall–Kier alpha value is -2.62. The fourth-order valence-corrected chi connectivity index (χ4v) is 2.12. The van der Waals surface area contributed by atoms with Crippen molar-refractivity contribution in [2.45, 2.75) is 19.8 Å². The summed E-state index contributed by atoms with van der Waals surface area (Å²) in [7, 11) is 0. The zero-order valence-electron chi connectivity index (χ0n) is 13.2. The molecule has 0 unspecified atom stereocenters. The summed E-state index contributed by atoms with van der Waals surface area (Å²) in [4.78, 5) is 22.7. The summed E-state index contributed by atoms with van der Waals surface area (Å²) < 4.78 is 10.3. The normalized spacial score (nSPS) is 10.1. The van der Waals surface area contributed by atoms with Crippen molar-refractivity contribution in [3.05, 3.63) is 65.7 Å². The summed E-state index contributed by atoms with van der Waals surface area (Å²) in [6.07, 6.45) is 1.18. The van der Waals surface area contributed by atoms with Gasteiger partial charge in [-0.05, 0) is 24.1 Å². The largest absolute Gasteiger partial charge is 0.490 e. The van der Waals surface area contributed by atoms with Crippen molar-refractivity contribution >= 4 is 11.8 Å². The lowest BCUT2D eigenvalue weighted by Gasteiger charge is -2.07. The second-order valence-electron chi connectivity index (χ2n) is 5.12. The zero-order valence-corrected chi connectivity index (χ0v) is 13.2. The number of ketones is 1. The van der Waals surface area contributed by atoms with Crippen molar-refractivity contribution < 1.29 is 19.1 Å². The van der Waals surface area contributed by atoms with Crippen LogP contribution >= 0.6 is 0 Å². The molecule has 0 spiro atoms. The Labute approximate surface area is 136 Å². The number of ether oxygens (including phenoxy) is 2. The van der Waals surface area contributed by atoms with E-state index < -0.39 is 0 Å². The average Bonchev–Trinajstić information content (AvgIpc) is 2.58. The van der Waals surface area contributed by atoms with Gasteiger partial charge in [0.1, 0.15) is 19.0 Å². The van der Waals surface area contributed by atoms with Gasteiger partial charge in [-0.25, -0.2) is 0 Å². The first-order valence-electron chi connectivity index (χ1n) is 7.58. The van der Waals surface area contributed by atoms with Gasteiger partial charge < -0.3 is 9.47 Å². The van der Waals surface area contributed by atoms with Crippen LogP contribution in [0, 0.1) is 0 Å². The molecule has 0 saturated carbocycles. The molecule has 2 rings (SSSR count). The van der Waals surface area contributed by atoms with Crippen LogP contribution < -0.4 is 4.74 Å². The van der Waals surface area contributed by atoms with E-state index in [4.69, 9.17) is 9.47 Å². The van der Waals surface area contributed by atoms with E-state index in [1.54, 1.807) is 0 Å². The maximum absolute atomic E-state index is 12.0. The number of carbonyl (C=O) groups excluding carboxylic acids is 2. The summed E-state index contributed by atoms with van der Waals surface area (Å²) in [5, 5.41) is 0. The Morgan fingerprint density at radius 1 is 0.913 bits per heavy atom. The number of aryl methyl sites for hydroxylation is 1. The van der Waals surface area contributed by atoms with E-state index in [0.29, 0.717) is 19.4 Å². The fourth-order valence-electron chi connectivity index (χ4n) is 2.12. The van der Waals surface area contributed by atoms with Crippen LogP contribution in [-0.4, -0.2) is 25.0 Å². The summed E-state index contributed by atoms with van der Waals surface area (Å²) in [6, 6.07) is 16.9. The molecule has 0 fully saturated rings. The number of hydrogen-bond acceptors (Lipinski definition) is 4. The van der Waals surface area contributed by atoms with Crippen molar-refractivity contribution in [1.29, 1.82) is 0 Å². The summed E-state index contributed by atoms with van der Waals surface area (Å²) in [5.74, 6) is 0.551. The molecule has 2 aromatic carbocycles. The highest BCUT2D eigenvalue weighted by molar-refractivity contribution is 5.96. The van der Waals surface area contributed by atoms with Gasteiger partial charge >= 0.3 is 5.97 Å². The molecule has 0 aromatic heterocycles. The van der Waals surface area contributed by atoms with E-state index in [9.17, 15) is 9.59 Å². The molecular formula is C19H20O4. The van der Waals surface area contributed by atoms with Crippen molar-refractivity contribution in [3.63, 3.8) is 0 Å². The zero-order chi connectivity index (χ0) is 16.5. The SMILES string of the molecule is CC(=O)OCCOc1ccc(CCC(=O)c2ccccc2)cc1. The van der Waals surface area contributed by atoms with E-state index in [-0.39, 0.29) is 18.4 Å². The first-order chi connectivity index (χ1) is 11.1.